The fraction of sp³-hybridized carbons (Fsp3) is 1.00. The third-order valence-electron chi connectivity index (χ3n) is 4.15. The van der Waals surface area contributed by atoms with Crippen LogP contribution in [0.4, 0.5) is 0 Å². The van der Waals surface area contributed by atoms with E-state index >= 15 is 0 Å². The number of aliphatic hydroxyl groups is 1. The van der Waals surface area contributed by atoms with Crippen LogP contribution in [0.5, 0.6) is 0 Å². The molecule has 0 heterocycles. The molecule has 1 aliphatic rings. The molecule has 2 nitrogen and oxygen atoms in total. The second-order valence-corrected chi connectivity index (χ2v) is 5.96. The maximum Gasteiger partial charge on any atom is 0.0434 e. The molecule has 102 valence electrons. The highest BCUT2D eigenvalue weighted by Gasteiger charge is 2.18. The molecule has 0 aliphatic heterocycles. The maximum atomic E-state index is 9.02. The molecule has 3 atom stereocenters. The van der Waals surface area contributed by atoms with Crippen molar-refractivity contribution in [2.24, 2.45) is 17.8 Å². The highest BCUT2D eigenvalue weighted by atomic mass is 16.3. The molecule has 0 saturated heterocycles. The van der Waals surface area contributed by atoms with Crippen molar-refractivity contribution in [1.29, 1.82) is 0 Å². The molecular formula is C15H31NO. The largest absolute Gasteiger partial charge is 0.396 e. The molecule has 1 fully saturated rings. The van der Waals surface area contributed by atoms with Crippen molar-refractivity contribution in [1.82, 2.24) is 5.32 Å². The van der Waals surface area contributed by atoms with E-state index in [-0.39, 0.29) is 0 Å². The van der Waals surface area contributed by atoms with Crippen molar-refractivity contribution in [3.8, 4) is 0 Å². The molecule has 1 rings (SSSR count). The second kappa shape index (κ2) is 8.93. The van der Waals surface area contributed by atoms with Crippen LogP contribution < -0.4 is 5.32 Å². The average Bonchev–Trinajstić information content (AvgIpc) is 2.30. The van der Waals surface area contributed by atoms with E-state index in [0.717, 1.165) is 24.8 Å². The SMILES string of the molecule is CCCC(CCO)CNCC1CCCC(C)C1. The molecule has 0 amide bonds. The lowest BCUT2D eigenvalue weighted by Gasteiger charge is -2.27. The Balaban J connectivity index is 2.11. The van der Waals surface area contributed by atoms with Crippen molar-refractivity contribution < 1.29 is 5.11 Å². The lowest BCUT2D eigenvalue weighted by Crippen LogP contribution is -2.30. The molecule has 0 bridgehead atoms. The van der Waals surface area contributed by atoms with Crippen LogP contribution in [0.2, 0.25) is 0 Å². The van der Waals surface area contributed by atoms with Crippen LogP contribution in [-0.4, -0.2) is 24.8 Å². The Morgan fingerprint density at radius 2 is 2.12 bits per heavy atom. The minimum absolute atomic E-state index is 0.340. The zero-order chi connectivity index (χ0) is 12.5. The Hall–Kier alpha value is -0.0800. The minimum atomic E-state index is 0.340. The summed E-state index contributed by atoms with van der Waals surface area (Å²) in [6, 6.07) is 0. The first-order valence-corrected chi connectivity index (χ1v) is 7.57. The van der Waals surface area contributed by atoms with Gasteiger partial charge in [0.05, 0.1) is 0 Å². The van der Waals surface area contributed by atoms with E-state index in [9.17, 15) is 0 Å². The van der Waals surface area contributed by atoms with E-state index in [2.05, 4.69) is 19.2 Å². The summed E-state index contributed by atoms with van der Waals surface area (Å²) in [4.78, 5) is 0. The number of hydrogen-bond donors (Lipinski definition) is 2. The van der Waals surface area contributed by atoms with Gasteiger partial charge < -0.3 is 10.4 Å². The predicted octanol–water partition coefficient (Wildman–Crippen LogP) is 3.20. The first-order valence-electron chi connectivity index (χ1n) is 7.57. The minimum Gasteiger partial charge on any atom is -0.396 e. The molecule has 3 unspecified atom stereocenters. The molecule has 17 heavy (non-hydrogen) atoms. The zero-order valence-corrected chi connectivity index (χ0v) is 11.8. The molecule has 1 saturated carbocycles. The summed E-state index contributed by atoms with van der Waals surface area (Å²) in [6.45, 7) is 7.24. The second-order valence-electron chi connectivity index (χ2n) is 5.96. The Morgan fingerprint density at radius 3 is 2.76 bits per heavy atom. The van der Waals surface area contributed by atoms with Gasteiger partial charge in [-0.05, 0) is 56.5 Å². The summed E-state index contributed by atoms with van der Waals surface area (Å²) in [5, 5.41) is 12.7. The number of aliphatic hydroxyl groups excluding tert-OH is 1. The third-order valence-corrected chi connectivity index (χ3v) is 4.15. The van der Waals surface area contributed by atoms with E-state index < -0.39 is 0 Å². The first-order chi connectivity index (χ1) is 8.26. The van der Waals surface area contributed by atoms with Gasteiger partial charge in [0.15, 0.2) is 0 Å². The van der Waals surface area contributed by atoms with Gasteiger partial charge in [-0.1, -0.05) is 33.1 Å². The van der Waals surface area contributed by atoms with Crippen LogP contribution in [0.25, 0.3) is 0 Å². The Labute approximate surface area is 107 Å². The van der Waals surface area contributed by atoms with Gasteiger partial charge in [-0.2, -0.15) is 0 Å². The fourth-order valence-electron chi connectivity index (χ4n) is 3.18. The standard InChI is InChI=1S/C15H31NO/c1-3-5-14(8-9-17)11-16-12-15-7-4-6-13(2)10-15/h13-17H,3-12H2,1-2H3. The third kappa shape index (κ3) is 6.42. The van der Waals surface area contributed by atoms with E-state index in [1.165, 1.54) is 45.1 Å². The summed E-state index contributed by atoms with van der Waals surface area (Å²) >= 11 is 0. The van der Waals surface area contributed by atoms with Crippen molar-refractivity contribution in [3.05, 3.63) is 0 Å². The van der Waals surface area contributed by atoms with Gasteiger partial charge in [0.25, 0.3) is 0 Å². The average molecular weight is 241 g/mol. The molecule has 0 spiro atoms. The molecule has 0 aromatic rings. The van der Waals surface area contributed by atoms with Crippen molar-refractivity contribution >= 4 is 0 Å². The van der Waals surface area contributed by atoms with E-state index in [4.69, 9.17) is 5.11 Å². The quantitative estimate of drug-likeness (QED) is 0.684. The van der Waals surface area contributed by atoms with E-state index in [0.29, 0.717) is 12.5 Å². The van der Waals surface area contributed by atoms with Crippen LogP contribution in [0.3, 0.4) is 0 Å². The summed E-state index contributed by atoms with van der Waals surface area (Å²) < 4.78 is 0. The van der Waals surface area contributed by atoms with Gasteiger partial charge in [-0.3, -0.25) is 0 Å². The van der Waals surface area contributed by atoms with Gasteiger partial charge in [-0.25, -0.2) is 0 Å². The Morgan fingerprint density at radius 1 is 1.29 bits per heavy atom. The zero-order valence-electron chi connectivity index (χ0n) is 11.8. The van der Waals surface area contributed by atoms with Crippen LogP contribution in [-0.2, 0) is 0 Å². The summed E-state index contributed by atoms with van der Waals surface area (Å²) in [5.41, 5.74) is 0. The highest BCUT2D eigenvalue weighted by Crippen LogP contribution is 2.27. The summed E-state index contributed by atoms with van der Waals surface area (Å²) in [5.74, 6) is 2.50. The highest BCUT2D eigenvalue weighted by molar-refractivity contribution is 4.73. The number of hydrogen-bond acceptors (Lipinski definition) is 2. The molecule has 2 heteroatoms. The van der Waals surface area contributed by atoms with Crippen LogP contribution in [0.1, 0.15) is 58.8 Å². The van der Waals surface area contributed by atoms with Gasteiger partial charge in [0.1, 0.15) is 0 Å². The number of rotatable bonds is 8. The normalized spacial score (nSPS) is 27.0. The van der Waals surface area contributed by atoms with Gasteiger partial charge >= 0.3 is 0 Å². The lowest BCUT2D eigenvalue weighted by molar-refractivity contribution is 0.238. The van der Waals surface area contributed by atoms with Gasteiger partial charge in [0, 0.05) is 6.61 Å². The lowest BCUT2D eigenvalue weighted by atomic mass is 9.82. The first kappa shape index (κ1) is 15.0. The molecule has 0 radical (unpaired) electrons. The molecule has 2 N–H and O–H groups in total. The van der Waals surface area contributed by atoms with Crippen LogP contribution >= 0.6 is 0 Å². The van der Waals surface area contributed by atoms with Gasteiger partial charge in [-0.15, -0.1) is 0 Å². The summed E-state index contributed by atoms with van der Waals surface area (Å²) in [7, 11) is 0. The van der Waals surface area contributed by atoms with Crippen LogP contribution in [0.15, 0.2) is 0 Å². The van der Waals surface area contributed by atoms with Gasteiger partial charge in [0.2, 0.25) is 0 Å². The monoisotopic (exact) mass is 241 g/mol. The van der Waals surface area contributed by atoms with E-state index in [1.54, 1.807) is 0 Å². The topological polar surface area (TPSA) is 32.3 Å². The van der Waals surface area contributed by atoms with Crippen LogP contribution in [0, 0.1) is 17.8 Å². The number of nitrogens with one attached hydrogen (secondary N) is 1. The molecule has 0 aromatic heterocycles. The summed E-state index contributed by atoms with van der Waals surface area (Å²) in [6.07, 6.45) is 9.10. The fourth-order valence-corrected chi connectivity index (χ4v) is 3.18. The van der Waals surface area contributed by atoms with E-state index in [1.807, 2.05) is 0 Å². The van der Waals surface area contributed by atoms with Crippen molar-refractivity contribution in [2.75, 3.05) is 19.7 Å². The molecular weight excluding hydrogens is 210 g/mol. The Kier molecular flexibility index (Phi) is 7.87. The predicted molar refractivity (Wildman–Crippen MR) is 74.1 cm³/mol. The Bertz CT molecular complexity index is 173. The van der Waals surface area contributed by atoms with Crippen molar-refractivity contribution in [2.45, 2.75) is 58.8 Å². The smallest absolute Gasteiger partial charge is 0.0434 e. The maximum absolute atomic E-state index is 9.02. The molecule has 1 aliphatic carbocycles. The van der Waals surface area contributed by atoms with Crippen molar-refractivity contribution in [3.63, 3.8) is 0 Å². The molecule has 0 aromatic carbocycles.